The second-order valence-electron chi connectivity index (χ2n) is 6.28. The standard InChI is InChI=1S/C20H24ClN3O/c1-2-23-11-13-24(14-12-23)18-9-7-17(8-10-18)22-20(25)15-16-5-3-4-6-19(16)21/h3-10H,2,11-15H2,1H3,(H,22,25). The second kappa shape index (κ2) is 8.37. The fourth-order valence-electron chi connectivity index (χ4n) is 3.10. The molecule has 0 spiro atoms. The van der Waals surface area contributed by atoms with Gasteiger partial charge in [-0.3, -0.25) is 4.79 Å². The van der Waals surface area contributed by atoms with E-state index in [1.807, 2.05) is 30.3 Å². The highest BCUT2D eigenvalue weighted by atomic mass is 35.5. The van der Waals surface area contributed by atoms with Crippen LogP contribution in [0.1, 0.15) is 12.5 Å². The Labute approximate surface area is 154 Å². The lowest BCUT2D eigenvalue weighted by atomic mass is 10.1. The average molecular weight is 358 g/mol. The minimum absolute atomic E-state index is 0.0580. The lowest BCUT2D eigenvalue weighted by Crippen LogP contribution is -2.46. The molecule has 1 aliphatic heterocycles. The van der Waals surface area contributed by atoms with Gasteiger partial charge in [0.25, 0.3) is 0 Å². The van der Waals surface area contributed by atoms with Gasteiger partial charge < -0.3 is 15.1 Å². The first-order chi connectivity index (χ1) is 12.2. The van der Waals surface area contributed by atoms with Crippen molar-refractivity contribution >= 4 is 28.9 Å². The molecule has 1 heterocycles. The third-order valence-corrected chi connectivity index (χ3v) is 5.01. The van der Waals surface area contributed by atoms with E-state index in [1.165, 1.54) is 5.69 Å². The summed E-state index contributed by atoms with van der Waals surface area (Å²) in [6.45, 7) is 7.62. The number of hydrogen-bond acceptors (Lipinski definition) is 3. The highest BCUT2D eigenvalue weighted by molar-refractivity contribution is 6.31. The molecule has 3 rings (SSSR count). The topological polar surface area (TPSA) is 35.6 Å². The molecule has 2 aromatic carbocycles. The van der Waals surface area contributed by atoms with Gasteiger partial charge in [0.05, 0.1) is 6.42 Å². The van der Waals surface area contributed by atoms with Crippen LogP contribution in [0.5, 0.6) is 0 Å². The third kappa shape index (κ3) is 4.74. The Kier molecular flexibility index (Phi) is 5.95. The number of nitrogens with zero attached hydrogens (tertiary/aromatic N) is 2. The number of halogens is 1. The number of carbonyl (C=O) groups excluding carboxylic acids is 1. The Morgan fingerprint density at radius 1 is 1.04 bits per heavy atom. The smallest absolute Gasteiger partial charge is 0.228 e. The molecule has 5 heteroatoms. The number of hydrogen-bond donors (Lipinski definition) is 1. The third-order valence-electron chi connectivity index (χ3n) is 4.64. The fraction of sp³-hybridized carbons (Fsp3) is 0.350. The molecule has 1 saturated heterocycles. The molecule has 1 aliphatic rings. The van der Waals surface area contributed by atoms with Crippen LogP contribution in [0.3, 0.4) is 0 Å². The van der Waals surface area contributed by atoms with Gasteiger partial charge in [0, 0.05) is 42.6 Å². The quantitative estimate of drug-likeness (QED) is 0.887. The van der Waals surface area contributed by atoms with Crippen molar-refractivity contribution in [2.24, 2.45) is 0 Å². The summed E-state index contributed by atoms with van der Waals surface area (Å²) in [4.78, 5) is 17.1. The summed E-state index contributed by atoms with van der Waals surface area (Å²) in [5.74, 6) is -0.0580. The Morgan fingerprint density at radius 3 is 2.36 bits per heavy atom. The summed E-state index contributed by atoms with van der Waals surface area (Å²) in [7, 11) is 0. The number of anilines is 2. The molecule has 1 fully saturated rings. The largest absolute Gasteiger partial charge is 0.369 e. The van der Waals surface area contributed by atoms with Crippen LogP contribution in [0.4, 0.5) is 11.4 Å². The Hall–Kier alpha value is -2.04. The van der Waals surface area contributed by atoms with Gasteiger partial charge >= 0.3 is 0 Å². The molecule has 1 amide bonds. The molecule has 0 unspecified atom stereocenters. The predicted octanol–water partition coefficient (Wildman–Crippen LogP) is 3.66. The van der Waals surface area contributed by atoms with E-state index in [0.717, 1.165) is 44.0 Å². The summed E-state index contributed by atoms with van der Waals surface area (Å²) in [6.07, 6.45) is 0.278. The zero-order valence-corrected chi connectivity index (χ0v) is 15.3. The van der Waals surface area contributed by atoms with Crippen molar-refractivity contribution in [1.82, 2.24) is 4.90 Å². The summed E-state index contributed by atoms with van der Waals surface area (Å²) >= 11 is 6.11. The maximum absolute atomic E-state index is 12.2. The SMILES string of the molecule is CCN1CCN(c2ccc(NC(=O)Cc3ccccc3Cl)cc2)CC1. The van der Waals surface area contributed by atoms with Gasteiger partial charge in [0.1, 0.15) is 0 Å². The van der Waals surface area contributed by atoms with Crippen molar-refractivity contribution in [2.75, 3.05) is 42.9 Å². The summed E-state index contributed by atoms with van der Waals surface area (Å²) in [5.41, 5.74) is 2.86. The van der Waals surface area contributed by atoms with Gasteiger partial charge in [0.2, 0.25) is 5.91 Å². The van der Waals surface area contributed by atoms with Crippen molar-refractivity contribution in [3.63, 3.8) is 0 Å². The van der Waals surface area contributed by atoms with Crippen LogP contribution >= 0.6 is 11.6 Å². The van der Waals surface area contributed by atoms with Gasteiger partial charge in [0.15, 0.2) is 0 Å². The predicted molar refractivity (Wildman–Crippen MR) is 105 cm³/mol. The molecule has 0 saturated carbocycles. The second-order valence-corrected chi connectivity index (χ2v) is 6.69. The molecule has 1 N–H and O–H groups in total. The zero-order valence-electron chi connectivity index (χ0n) is 14.5. The maximum Gasteiger partial charge on any atom is 0.228 e. The van der Waals surface area contributed by atoms with Gasteiger partial charge in [-0.15, -0.1) is 0 Å². The van der Waals surface area contributed by atoms with Crippen LogP contribution in [0.25, 0.3) is 0 Å². The number of carbonyl (C=O) groups is 1. The number of nitrogens with one attached hydrogen (secondary N) is 1. The van der Waals surface area contributed by atoms with Gasteiger partial charge in [-0.1, -0.05) is 36.7 Å². The highest BCUT2D eigenvalue weighted by Crippen LogP contribution is 2.20. The van der Waals surface area contributed by atoms with Crippen molar-refractivity contribution in [2.45, 2.75) is 13.3 Å². The van der Waals surface area contributed by atoms with Crippen molar-refractivity contribution in [3.8, 4) is 0 Å². The molecule has 0 bridgehead atoms. The zero-order chi connectivity index (χ0) is 17.6. The lowest BCUT2D eigenvalue weighted by Gasteiger charge is -2.35. The lowest BCUT2D eigenvalue weighted by molar-refractivity contribution is -0.115. The molecular weight excluding hydrogens is 334 g/mol. The molecule has 25 heavy (non-hydrogen) atoms. The maximum atomic E-state index is 12.2. The van der Waals surface area contributed by atoms with Gasteiger partial charge in [-0.25, -0.2) is 0 Å². The molecule has 0 aliphatic carbocycles. The Morgan fingerprint density at radius 2 is 1.72 bits per heavy atom. The monoisotopic (exact) mass is 357 g/mol. The number of rotatable bonds is 5. The summed E-state index contributed by atoms with van der Waals surface area (Å²) < 4.78 is 0. The minimum Gasteiger partial charge on any atom is -0.369 e. The fourth-order valence-corrected chi connectivity index (χ4v) is 3.30. The van der Waals surface area contributed by atoms with E-state index < -0.39 is 0 Å². The summed E-state index contributed by atoms with van der Waals surface area (Å²) in [5, 5.41) is 3.56. The average Bonchev–Trinajstić information content (AvgIpc) is 2.64. The Balaban J connectivity index is 1.56. The van der Waals surface area contributed by atoms with E-state index in [1.54, 1.807) is 6.07 Å². The van der Waals surface area contributed by atoms with Crippen molar-refractivity contribution in [3.05, 3.63) is 59.1 Å². The molecule has 2 aromatic rings. The van der Waals surface area contributed by atoms with Crippen LogP contribution in [-0.4, -0.2) is 43.5 Å². The number of amides is 1. The minimum atomic E-state index is -0.0580. The molecule has 0 atom stereocenters. The van der Waals surface area contributed by atoms with Gasteiger partial charge in [-0.2, -0.15) is 0 Å². The van der Waals surface area contributed by atoms with Crippen molar-refractivity contribution in [1.29, 1.82) is 0 Å². The van der Waals surface area contributed by atoms with E-state index in [4.69, 9.17) is 11.6 Å². The van der Waals surface area contributed by atoms with Crippen LogP contribution in [0, 0.1) is 0 Å². The van der Waals surface area contributed by atoms with Crippen LogP contribution in [-0.2, 0) is 11.2 Å². The summed E-state index contributed by atoms with van der Waals surface area (Å²) in [6, 6.07) is 15.5. The van der Waals surface area contributed by atoms with Crippen LogP contribution < -0.4 is 10.2 Å². The molecular formula is C20H24ClN3O. The number of benzene rings is 2. The van der Waals surface area contributed by atoms with Gasteiger partial charge in [-0.05, 0) is 42.4 Å². The first-order valence-corrected chi connectivity index (χ1v) is 9.14. The van der Waals surface area contributed by atoms with Crippen LogP contribution in [0.15, 0.2) is 48.5 Å². The highest BCUT2D eigenvalue weighted by Gasteiger charge is 2.15. The van der Waals surface area contributed by atoms with E-state index in [-0.39, 0.29) is 12.3 Å². The normalized spacial score (nSPS) is 15.2. The first-order valence-electron chi connectivity index (χ1n) is 8.76. The molecule has 132 valence electrons. The molecule has 0 radical (unpaired) electrons. The Bertz CT molecular complexity index is 709. The number of piperazine rings is 1. The van der Waals surface area contributed by atoms with E-state index in [0.29, 0.717) is 5.02 Å². The van der Waals surface area contributed by atoms with Crippen LogP contribution in [0.2, 0.25) is 5.02 Å². The van der Waals surface area contributed by atoms with E-state index >= 15 is 0 Å². The van der Waals surface area contributed by atoms with Crippen molar-refractivity contribution < 1.29 is 4.79 Å². The molecule has 4 nitrogen and oxygen atoms in total. The number of likely N-dealkylation sites (N-methyl/N-ethyl adjacent to an activating group) is 1. The van der Waals surface area contributed by atoms with E-state index in [9.17, 15) is 4.79 Å². The molecule has 0 aromatic heterocycles. The first kappa shape index (κ1) is 17.8. The van der Waals surface area contributed by atoms with E-state index in [2.05, 4.69) is 34.2 Å².